The van der Waals surface area contributed by atoms with Crippen molar-refractivity contribution in [3.05, 3.63) is 35.9 Å². The summed E-state index contributed by atoms with van der Waals surface area (Å²) in [7, 11) is 0. The Balaban J connectivity index is 0.00000684. The number of aldehydes is 1. The molecule has 11 nitrogen and oxygen atoms in total. The Morgan fingerprint density at radius 3 is 2.49 bits per heavy atom. The number of nitrogens with two attached hydrogens (primary N) is 2. The summed E-state index contributed by atoms with van der Waals surface area (Å²) < 4.78 is 5.03. The average molecular weight is 539 g/mol. The van der Waals surface area contributed by atoms with Crippen molar-refractivity contribution in [3.8, 4) is 0 Å². The maximum absolute atomic E-state index is 14.1. The minimum atomic E-state index is -1.52. The van der Waals surface area contributed by atoms with E-state index in [0.717, 1.165) is 5.56 Å². The van der Waals surface area contributed by atoms with E-state index in [4.69, 9.17) is 16.2 Å². The number of nitrogens with one attached hydrogen (secondary N) is 2. The van der Waals surface area contributed by atoms with Gasteiger partial charge in [-0.1, -0.05) is 37.3 Å². The van der Waals surface area contributed by atoms with E-state index >= 15 is 0 Å². The van der Waals surface area contributed by atoms with E-state index in [-0.39, 0.29) is 37.8 Å². The van der Waals surface area contributed by atoms with Gasteiger partial charge in [0.05, 0.1) is 18.7 Å². The Bertz CT molecular complexity index is 927. The van der Waals surface area contributed by atoms with E-state index in [0.29, 0.717) is 45.2 Å². The number of Topliss-reactive ketones (excluding diaryl/α,β-unsaturated/α-hetero) is 1. The monoisotopic (exact) mass is 538 g/mol. The van der Waals surface area contributed by atoms with Gasteiger partial charge in [0.2, 0.25) is 5.91 Å². The number of carbonyl (C=O) groups excluding carboxylic acids is 4. The van der Waals surface area contributed by atoms with Crippen LogP contribution in [0, 0.1) is 0 Å². The molecule has 6 N–H and O–H groups in total. The molecule has 0 aromatic heterocycles. The third kappa shape index (κ3) is 8.71. The SMILES string of the molecule is CCOC(=O)N[C@H](Cc1ccccc1)C(=O)[C@@]1(C(=O)N[C@H](C=O)CCCN=C(N)N)CCCN1CC.Cl. The van der Waals surface area contributed by atoms with Gasteiger partial charge in [0.25, 0.3) is 0 Å². The first-order chi connectivity index (χ1) is 17.3. The molecule has 1 heterocycles. The van der Waals surface area contributed by atoms with Crippen LogP contribution in [0.1, 0.15) is 45.1 Å². The van der Waals surface area contributed by atoms with Gasteiger partial charge in [-0.15, -0.1) is 12.4 Å². The largest absolute Gasteiger partial charge is 0.450 e. The molecule has 1 saturated heterocycles. The lowest BCUT2D eigenvalue weighted by Crippen LogP contribution is -2.66. The second-order valence-electron chi connectivity index (χ2n) is 8.68. The highest BCUT2D eigenvalue weighted by atomic mass is 35.5. The first-order valence-corrected chi connectivity index (χ1v) is 12.4. The number of likely N-dealkylation sites (tertiary alicyclic amines) is 1. The van der Waals surface area contributed by atoms with Crippen LogP contribution in [-0.2, 0) is 25.5 Å². The van der Waals surface area contributed by atoms with Crippen molar-refractivity contribution in [2.24, 2.45) is 16.5 Å². The molecule has 0 aliphatic carbocycles. The first kappa shape index (κ1) is 31.8. The standard InChI is InChI=1S/C25H38N6O5.ClH/c1-3-31-15-9-13-25(31,22(34)29-19(17-32)12-8-14-28-23(26)27)21(33)20(30-24(35)36-4-2)16-18-10-6-5-7-11-18;/h5-7,10-11,17,19-20H,3-4,8-9,12-16H2,1-2H3,(H,29,34)(H,30,35)(H4,26,27,28);1H/t19-,20+,25+;/m0./s1. The zero-order valence-electron chi connectivity index (χ0n) is 21.5. The second kappa shape index (κ2) is 15.8. The van der Waals surface area contributed by atoms with Crippen LogP contribution in [0.4, 0.5) is 4.79 Å². The molecule has 37 heavy (non-hydrogen) atoms. The fourth-order valence-corrected chi connectivity index (χ4v) is 4.59. The molecule has 1 aliphatic rings. The lowest BCUT2D eigenvalue weighted by molar-refractivity contribution is -0.145. The van der Waals surface area contributed by atoms with E-state index < -0.39 is 35.4 Å². The molecule has 2 rings (SSSR count). The molecule has 0 unspecified atom stereocenters. The van der Waals surface area contributed by atoms with Crippen LogP contribution < -0.4 is 22.1 Å². The molecule has 206 valence electrons. The molecule has 0 spiro atoms. The molecule has 0 saturated carbocycles. The number of amides is 2. The molecular formula is C25H39ClN6O5. The van der Waals surface area contributed by atoms with Gasteiger partial charge in [0, 0.05) is 6.54 Å². The molecule has 12 heteroatoms. The van der Waals surface area contributed by atoms with Crippen LogP contribution >= 0.6 is 12.4 Å². The summed E-state index contributed by atoms with van der Waals surface area (Å²) in [5.74, 6) is -1.02. The van der Waals surface area contributed by atoms with Gasteiger partial charge < -0.3 is 31.6 Å². The summed E-state index contributed by atoms with van der Waals surface area (Å²) in [6.07, 6.45) is 1.81. The average Bonchev–Trinajstić information content (AvgIpc) is 3.30. The van der Waals surface area contributed by atoms with Gasteiger partial charge in [-0.05, 0) is 57.7 Å². The zero-order chi connectivity index (χ0) is 26.6. The van der Waals surface area contributed by atoms with E-state index in [1.165, 1.54) is 0 Å². The molecule has 2 amide bonds. The minimum absolute atomic E-state index is 0. The fourth-order valence-electron chi connectivity index (χ4n) is 4.59. The number of likely N-dealkylation sites (N-methyl/N-ethyl adjacent to an activating group) is 1. The molecule has 3 atom stereocenters. The number of hydrogen-bond acceptors (Lipinski definition) is 7. The molecule has 1 fully saturated rings. The van der Waals surface area contributed by atoms with Crippen LogP contribution in [0.3, 0.4) is 0 Å². The second-order valence-corrected chi connectivity index (χ2v) is 8.68. The molecule has 1 aliphatic heterocycles. The van der Waals surface area contributed by atoms with Crippen LogP contribution in [-0.4, -0.2) is 78.8 Å². The number of carbonyl (C=O) groups is 4. The summed E-state index contributed by atoms with van der Waals surface area (Å²) in [4.78, 5) is 57.6. The van der Waals surface area contributed by atoms with Crippen LogP contribution in [0.5, 0.6) is 0 Å². The highest BCUT2D eigenvalue weighted by molar-refractivity contribution is 6.14. The number of guanidine groups is 1. The van der Waals surface area contributed by atoms with E-state index in [1.807, 2.05) is 42.2 Å². The van der Waals surface area contributed by atoms with E-state index in [2.05, 4.69) is 15.6 Å². The van der Waals surface area contributed by atoms with Crippen molar-refractivity contribution in [3.63, 3.8) is 0 Å². The Morgan fingerprint density at radius 2 is 1.89 bits per heavy atom. The fraction of sp³-hybridized carbons (Fsp3) is 0.560. The molecule has 1 aromatic carbocycles. The highest BCUT2D eigenvalue weighted by Crippen LogP contribution is 2.32. The summed E-state index contributed by atoms with van der Waals surface area (Å²) in [5, 5.41) is 5.42. The van der Waals surface area contributed by atoms with Crippen molar-refractivity contribution < 1.29 is 23.9 Å². The summed E-state index contributed by atoms with van der Waals surface area (Å²) in [6.45, 7) is 5.00. The number of hydrogen-bond donors (Lipinski definition) is 4. The normalized spacial score (nSPS) is 18.5. The van der Waals surface area contributed by atoms with Crippen molar-refractivity contribution in [1.82, 2.24) is 15.5 Å². The smallest absolute Gasteiger partial charge is 0.407 e. The number of halogens is 1. The lowest BCUT2D eigenvalue weighted by Gasteiger charge is -2.38. The van der Waals surface area contributed by atoms with Gasteiger partial charge in [-0.3, -0.25) is 19.5 Å². The number of rotatable bonds is 14. The summed E-state index contributed by atoms with van der Waals surface area (Å²) in [5.41, 5.74) is 9.97. The number of alkyl carbamates (subject to hydrolysis) is 1. The van der Waals surface area contributed by atoms with Gasteiger partial charge >= 0.3 is 6.09 Å². The third-order valence-corrected chi connectivity index (χ3v) is 6.29. The predicted octanol–water partition coefficient (Wildman–Crippen LogP) is 0.927. The predicted molar refractivity (Wildman–Crippen MR) is 143 cm³/mol. The van der Waals surface area contributed by atoms with Crippen molar-refractivity contribution in [2.45, 2.75) is 63.6 Å². The molecular weight excluding hydrogens is 500 g/mol. The third-order valence-electron chi connectivity index (χ3n) is 6.29. The maximum Gasteiger partial charge on any atom is 0.407 e. The number of aliphatic imine (C=N–C) groups is 1. The van der Waals surface area contributed by atoms with Crippen LogP contribution in [0.25, 0.3) is 0 Å². The Morgan fingerprint density at radius 1 is 1.19 bits per heavy atom. The number of ether oxygens (including phenoxy) is 1. The van der Waals surface area contributed by atoms with E-state index in [1.54, 1.807) is 6.92 Å². The number of benzene rings is 1. The number of nitrogens with zero attached hydrogens (tertiary/aromatic N) is 2. The van der Waals surface area contributed by atoms with Gasteiger partial charge in [-0.25, -0.2) is 4.79 Å². The van der Waals surface area contributed by atoms with E-state index in [9.17, 15) is 19.2 Å². The summed E-state index contributed by atoms with van der Waals surface area (Å²) >= 11 is 0. The van der Waals surface area contributed by atoms with Gasteiger partial charge in [0.15, 0.2) is 17.3 Å². The van der Waals surface area contributed by atoms with Crippen molar-refractivity contribution in [2.75, 3.05) is 26.2 Å². The maximum atomic E-state index is 14.1. The van der Waals surface area contributed by atoms with Crippen LogP contribution in [0.2, 0.25) is 0 Å². The van der Waals surface area contributed by atoms with Crippen molar-refractivity contribution in [1.29, 1.82) is 0 Å². The summed E-state index contributed by atoms with van der Waals surface area (Å²) in [6, 6.07) is 7.44. The number of ketones is 1. The molecule has 0 radical (unpaired) electrons. The topological polar surface area (TPSA) is 169 Å². The molecule has 0 bridgehead atoms. The molecule has 1 aromatic rings. The first-order valence-electron chi connectivity index (χ1n) is 12.4. The van der Waals surface area contributed by atoms with Gasteiger partial charge in [0.1, 0.15) is 6.29 Å². The quantitative estimate of drug-likeness (QED) is 0.0890. The zero-order valence-corrected chi connectivity index (χ0v) is 22.3. The Labute approximate surface area is 224 Å². The Kier molecular flexibility index (Phi) is 13.6. The van der Waals surface area contributed by atoms with Crippen molar-refractivity contribution >= 4 is 42.4 Å². The Hall–Kier alpha value is -3.18. The lowest BCUT2D eigenvalue weighted by atomic mass is 9.83. The van der Waals surface area contributed by atoms with Gasteiger partial charge in [-0.2, -0.15) is 0 Å². The minimum Gasteiger partial charge on any atom is -0.450 e. The highest BCUT2D eigenvalue weighted by Gasteiger charge is 2.55. The van der Waals surface area contributed by atoms with Crippen LogP contribution in [0.15, 0.2) is 35.3 Å².